The van der Waals surface area contributed by atoms with Gasteiger partial charge in [-0.15, -0.1) is 0 Å². The summed E-state index contributed by atoms with van der Waals surface area (Å²) in [6.07, 6.45) is 1.50. The molecule has 0 aliphatic carbocycles. The first kappa shape index (κ1) is 22.8. The van der Waals surface area contributed by atoms with Crippen molar-refractivity contribution in [3.8, 4) is 23.1 Å². The highest BCUT2D eigenvalue weighted by Crippen LogP contribution is 2.36. The third-order valence-corrected chi connectivity index (χ3v) is 5.79. The normalized spacial score (nSPS) is 11.5. The highest BCUT2D eigenvalue weighted by atomic mass is 16.5. The molecule has 8 heteroatoms. The van der Waals surface area contributed by atoms with Crippen LogP contribution in [0, 0.1) is 13.8 Å². The Morgan fingerprint density at radius 1 is 0.939 bits per heavy atom. The number of aromatic amines is 1. The summed E-state index contributed by atoms with van der Waals surface area (Å²) in [5.74, 6) is 2.42. The molecule has 0 atom stereocenters. The van der Waals surface area contributed by atoms with Gasteiger partial charge in [-0.25, -0.2) is 9.97 Å². The first-order valence-corrected chi connectivity index (χ1v) is 10.9. The van der Waals surface area contributed by atoms with Gasteiger partial charge in [-0.05, 0) is 50.7 Å². The van der Waals surface area contributed by atoms with Gasteiger partial charge in [0.15, 0.2) is 11.5 Å². The van der Waals surface area contributed by atoms with Gasteiger partial charge in [0.25, 0.3) is 0 Å². The molecule has 4 aromatic rings. The van der Waals surface area contributed by atoms with E-state index in [1.54, 1.807) is 14.2 Å². The van der Waals surface area contributed by atoms with E-state index >= 15 is 0 Å². The number of fused-ring (bicyclic) bond motifs is 2. The molecule has 33 heavy (non-hydrogen) atoms. The Bertz CT molecular complexity index is 1250. The maximum atomic E-state index is 6.17. The van der Waals surface area contributed by atoms with Gasteiger partial charge in [-0.2, -0.15) is 0 Å². The molecule has 2 aromatic heterocycles. The number of methoxy groups -OCH3 is 2. The highest BCUT2D eigenvalue weighted by molar-refractivity contribution is 5.88. The van der Waals surface area contributed by atoms with Crippen molar-refractivity contribution in [1.29, 1.82) is 0 Å². The van der Waals surface area contributed by atoms with E-state index in [0.29, 0.717) is 36.3 Å². The van der Waals surface area contributed by atoms with Crippen molar-refractivity contribution < 1.29 is 18.9 Å². The summed E-state index contributed by atoms with van der Waals surface area (Å²) < 4.78 is 22.9. The fourth-order valence-corrected chi connectivity index (χ4v) is 3.68. The van der Waals surface area contributed by atoms with Crippen LogP contribution in [0.3, 0.4) is 0 Å². The smallest absolute Gasteiger partial charge is 0.230 e. The SMILES string of the molecule is COCCN(C)CCOc1cc2ncnc(Oc3ccc4[nH]c(C)c(C)c4c3)c2cc1OC. The molecule has 4 rings (SSSR count). The summed E-state index contributed by atoms with van der Waals surface area (Å²) in [6.45, 7) is 6.98. The van der Waals surface area contributed by atoms with Crippen LogP contribution in [0.5, 0.6) is 23.1 Å². The van der Waals surface area contributed by atoms with Crippen LogP contribution in [0.15, 0.2) is 36.7 Å². The standard InChI is InChI=1S/C25H30N4O4/c1-16-17(2)28-21-7-6-18(12-19(16)21)33-25-20-13-23(31-5)24(14-22(20)26-15-27-25)32-11-9-29(3)8-10-30-4/h6-7,12-15,28H,8-11H2,1-5H3. The topological polar surface area (TPSA) is 81.7 Å². The van der Waals surface area contributed by atoms with Gasteiger partial charge in [0.2, 0.25) is 5.88 Å². The van der Waals surface area contributed by atoms with Gasteiger partial charge in [-0.1, -0.05) is 0 Å². The number of likely N-dealkylation sites (N-methyl/N-ethyl adjacent to an activating group) is 1. The maximum absolute atomic E-state index is 6.17. The maximum Gasteiger partial charge on any atom is 0.230 e. The zero-order valence-electron chi connectivity index (χ0n) is 19.8. The molecule has 1 N–H and O–H groups in total. The summed E-state index contributed by atoms with van der Waals surface area (Å²) in [7, 11) is 5.35. The fourth-order valence-electron chi connectivity index (χ4n) is 3.68. The Kier molecular flexibility index (Phi) is 6.96. The minimum Gasteiger partial charge on any atom is -0.493 e. The Morgan fingerprint density at radius 3 is 2.55 bits per heavy atom. The summed E-state index contributed by atoms with van der Waals surface area (Å²) in [5.41, 5.74) is 4.16. The van der Waals surface area contributed by atoms with Gasteiger partial charge in [0.1, 0.15) is 18.7 Å². The van der Waals surface area contributed by atoms with Crippen molar-refractivity contribution in [3.05, 3.63) is 47.9 Å². The Balaban J connectivity index is 1.57. The van der Waals surface area contributed by atoms with Gasteiger partial charge in [-0.3, -0.25) is 0 Å². The number of nitrogens with zero attached hydrogens (tertiary/aromatic N) is 3. The molecule has 0 fully saturated rings. The van der Waals surface area contributed by atoms with Crippen molar-refractivity contribution >= 4 is 21.8 Å². The molecular formula is C25H30N4O4. The zero-order valence-corrected chi connectivity index (χ0v) is 19.8. The van der Waals surface area contributed by atoms with Crippen molar-refractivity contribution in [2.24, 2.45) is 0 Å². The minimum absolute atomic E-state index is 0.466. The van der Waals surface area contributed by atoms with Crippen molar-refractivity contribution in [2.75, 3.05) is 47.6 Å². The molecule has 0 aliphatic heterocycles. The number of nitrogens with one attached hydrogen (secondary N) is 1. The number of ether oxygens (including phenoxy) is 4. The number of hydrogen-bond donors (Lipinski definition) is 1. The lowest BCUT2D eigenvalue weighted by atomic mass is 10.1. The van der Waals surface area contributed by atoms with E-state index in [0.717, 1.165) is 40.6 Å². The molecule has 0 saturated carbocycles. The molecular weight excluding hydrogens is 420 g/mol. The van der Waals surface area contributed by atoms with Crippen LogP contribution in [0.2, 0.25) is 0 Å². The number of aromatic nitrogens is 3. The van der Waals surface area contributed by atoms with E-state index in [1.807, 2.05) is 37.4 Å². The summed E-state index contributed by atoms with van der Waals surface area (Å²) in [5, 5.41) is 1.88. The van der Waals surface area contributed by atoms with Gasteiger partial charge >= 0.3 is 0 Å². The first-order chi connectivity index (χ1) is 16.0. The molecule has 2 aromatic carbocycles. The van der Waals surface area contributed by atoms with Gasteiger partial charge in [0, 0.05) is 42.9 Å². The third-order valence-electron chi connectivity index (χ3n) is 5.79. The highest BCUT2D eigenvalue weighted by Gasteiger charge is 2.14. The minimum atomic E-state index is 0.466. The average molecular weight is 451 g/mol. The van der Waals surface area contributed by atoms with Crippen molar-refractivity contribution in [1.82, 2.24) is 19.9 Å². The van der Waals surface area contributed by atoms with Crippen LogP contribution in [-0.2, 0) is 4.74 Å². The Labute approximate surface area is 193 Å². The largest absolute Gasteiger partial charge is 0.493 e. The fraction of sp³-hybridized carbons (Fsp3) is 0.360. The second-order valence-electron chi connectivity index (χ2n) is 8.03. The van der Waals surface area contributed by atoms with E-state index in [1.165, 1.54) is 11.9 Å². The van der Waals surface area contributed by atoms with Gasteiger partial charge < -0.3 is 28.8 Å². The van der Waals surface area contributed by atoms with Crippen LogP contribution in [0.1, 0.15) is 11.3 Å². The van der Waals surface area contributed by atoms with E-state index in [9.17, 15) is 0 Å². The molecule has 0 radical (unpaired) electrons. The van der Waals surface area contributed by atoms with E-state index in [2.05, 4.69) is 33.7 Å². The summed E-state index contributed by atoms with van der Waals surface area (Å²) >= 11 is 0. The molecule has 0 bridgehead atoms. The third kappa shape index (κ3) is 5.02. The lowest BCUT2D eigenvalue weighted by Gasteiger charge is -2.17. The van der Waals surface area contributed by atoms with Crippen LogP contribution < -0.4 is 14.2 Å². The number of benzene rings is 2. The zero-order chi connectivity index (χ0) is 23.4. The Morgan fingerprint density at radius 2 is 1.76 bits per heavy atom. The number of hydrogen-bond acceptors (Lipinski definition) is 7. The summed E-state index contributed by atoms with van der Waals surface area (Å²) in [4.78, 5) is 14.3. The monoisotopic (exact) mass is 450 g/mol. The molecule has 2 heterocycles. The predicted molar refractivity (Wildman–Crippen MR) is 129 cm³/mol. The van der Waals surface area contributed by atoms with E-state index in [-0.39, 0.29) is 0 Å². The summed E-state index contributed by atoms with van der Waals surface area (Å²) in [6, 6.07) is 9.70. The molecule has 0 unspecified atom stereocenters. The van der Waals surface area contributed by atoms with Crippen molar-refractivity contribution in [3.63, 3.8) is 0 Å². The predicted octanol–water partition coefficient (Wildman–Crippen LogP) is 4.49. The Hall–Kier alpha value is -3.36. The van der Waals surface area contributed by atoms with Crippen LogP contribution in [0.25, 0.3) is 21.8 Å². The molecule has 0 saturated heterocycles. The second kappa shape index (κ2) is 10.1. The van der Waals surface area contributed by atoms with Crippen molar-refractivity contribution in [2.45, 2.75) is 13.8 Å². The molecule has 174 valence electrons. The number of rotatable bonds is 10. The lowest BCUT2D eigenvalue weighted by Crippen LogP contribution is -2.27. The molecule has 0 aliphatic rings. The quantitative estimate of drug-likeness (QED) is 0.381. The number of aryl methyl sites for hydroxylation is 2. The lowest BCUT2D eigenvalue weighted by molar-refractivity contribution is 0.149. The van der Waals surface area contributed by atoms with Crippen LogP contribution >= 0.6 is 0 Å². The van der Waals surface area contributed by atoms with Crippen LogP contribution in [-0.4, -0.2) is 67.4 Å². The first-order valence-electron chi connectivity index (χ1n) is 10.9. The van der Waals surface area contributed by atoms with Gasteiger partial charge in [0.05, 0.1) is 24.6 Å². The molecule has 8 nitrogen and oxygen atoms in total. The molecule has 0 amide bonds. The number of H-pyrrole nitrogens is 1. The van der Waals surface area contributed by atoms with E-state index in [4.69, 9.17) is 18.9 Å². The van der Waals surface area contributed by atoms with E-state index < -0.39 is 0 Å². The second-order valence-corrected chi connectivity index (χ2v) is 8.03. The van der Waals surface area contributed by atoms with Crippen LogP contribution in [0.4, 0.5) is 0 Å². The molecule has 0 spiro atoms. The average Bonchev–Trinajstić information content (AvgIpc) is 3.10.